The number of fused-ring (bicyclic) bond motifs is 2. The summed E-state index contributed by atoms with van der Waals surface area (Å²) in [4.78, 5) is 55.0. The quantitative estimate of drug-likeness (QED) is 0.589. The minimum absolute atomic E-state index is 0.173. The maximum Gasteiger partial charge on any atom is 0.338 e. The lowest BCUT2D eigenvalue weighted by Gasteiger charge is -2.38. The summed E-state index contributed by atoms with van der Waals surface area (Å²) >= 11 is 2.38. The highest BCUT2D eigenvalue weighted by atomic mass is 32.2. The van der Waals surface area contributed by atoms with Gasteiger partial charge >= 0.3 is 10.8 Å². The monoisotopic (exact) mass is 432 g/mol. The van der Waals surface area contributed by atoms with Gasteiger partial charge < -0.3 is 9.72 Å². The molecule has 1 aromatic heterocycles. The van der Waals surface area contributed by atoms with Gasteiger partial charge in [0.2, 0.25) is 11.8 Å². The highest BCUT2D eigenvalue weighted by molar-refractivity contribution is 8.00. The molecule has 2 amide bonds. The van der Waals surface area contributed by atoms with Gasteiger partial charge in [0.25, 0.3) is 0 Å². The molecule has 7 nitrogen and oxygen atoms in total. The number of ether oxygens (including phenoxy) is 1. The number of amides is 2. The summed E-state index contributed by atoms with van der Waals surface area (Å²) in [7, 11) is 0. The molecule has 2 aliphatic rings. The molecule has 3 heterocycles. The van der Waals surface area contributed by atoms with Gasteiger partial charge in [-0.25, -0.2) is 9.69 Å². The number of carbonyl (C=O) groups is 3. The fourth-order valence-corrected chi connectivity index (χ4v) is 6.83. The standard InChI is InChI=1S/C20H20N2O5S2/c1-4-20(3)12-13(28-15-14(20)29-19(26)21-15)17(24)22(16(12)23)11-8-6-10(7-9-11)18(25)27-5-2/h6-9,12-13H,4-5H2,1-3H3,(H,21,26)/t12-,13+,20-/m0/s1. The average Bonchev–Trinajstić information content (AvgIpc) is 3.20. The van der Waals surface area contributed by atoms with Crippen molar-refractivity contribution in [1.29, 1.82) is 0 Å². The van der Waals surface area contributed by atoms with Crippen LogP contribution in [0.4, 0.5) is 5.69 Å². The van der Waals surface area contributed by atoms with Crippen LogP contribution in [0.25, 0.3) is 0 Å². The first-order chi connectivity index (χ1) is 13.8. The Bertz CT molecular complexity index is 1060. The highest BCUT2D eigenvalue weighted by Gasteiger charge is 2.60. The van der Waals surface area contributed by atoms with E-state index in [0.717, 1.165) is 16.2 Å². The number of nitrogens with one attached hydrogen (secondary N) is 1. The van der Waals surface area contributed by atoms with E-state index in [4.69, 9.17) is 4.74 Å². The lowest BCUT2D eigenvalue weighted by atomic mass is 9.72. The Morgan fingerprint density at radius 3 is 2.48 bits per heavy atom. The zero-order chi connectivity index (χ0) is 20.9. The smallest absolute Gasteiger partial charge is 0.338 e. The van der Waals surface area contributed by atoms with E-state index in [-0.39, 0.29) is 23.3 Å². The first-order valence-corrected chi connectivity index (χ1v) is 11.1. The number of aromatic amines is 1. The van der Waals surface area contributed by atoms with Crippen molar-refractivity contribution < 1.29 is 19.1 Å². The third-order valence-electron chi connectivity index (χ3n) is 5.69. The first-order valence-electron chi connectivity index (χ1n) is 9.37. The molecule has 0 radical (unpaired) electrons. The van der Waals surface area contributed by atoms with Crippen molar-refractivity contribution in [2.24, 2.45) is 5.92 Å². The normalized spacial score (nSPS) is 25.7. The van der Waals surface area contributed by atoms with Crippen molar-refractivity contribution in [1.82, 2.24) is 4.98 Å². The second-order valence-electron chi connectivity index (χ2n) is 7.24. The molecular weight excluding hydrogens is 412 g/mol. The van der Waals surface area contributed by atoms with Crippen LogP contribution in [0.1, 0.15) is 42.4 Å². The van der Waals surface area contributed by atoms with Crippen LogP contribution in [0.3, 0.4) is 0 Å². The van der Waals surface area contributed by atoms with Gasteiger partial charge in [0.15, 0.2) is 0 Å². The molecule has 2 aliphatic heterocycles. The SMILES string of the molecule is CCOC(=O)c1ccc(N2C(=O)[C@@H]3[C@@H](Sc4[nH]c(=O)sc4[C@@]3(C)CC)C2=O)cc1. The van der Waals surface area contributed by atoms with Crippen molar-refractivity contribution in [3.63, 3.8) is 0 Å². The number of nitrogens with zero attached hydrogens (tertiary/aromatic N) is 1. The van der Waals surface area contributed by atoms with Crippen molar-refractivity contribution in [2.75, 3.05) is 11.5 Å². The number of benzene rings is 1. The van der Waals surface area contributed by atoms with E-state index < -0.39 is 22.6 Å². The summed E-state index contributed by atoms with van der Waals surface area (Å²) < 4.78 is 4.97. The number of thiazole rings is 1. The Labute approximate surface area is 175 Å². The Balaban J connectivity index is 1.71. The molecule has 0 aliphatic carbocycles. The van der Waals surface area contributed by atoms with E-state index in [1.165, 1.54) is 16.7 Å². The molecule has 1 fully saturated rings. The highest BCUT2D eigenvalue weighted by Crippen LogP contribution is 2.55. The fraction of sp³-hybridized carbons (Fsp3) is 0.400. The predicted molar refractivity (Wildman–Crippen MR) is 111 cm³/mol. The Kier molecular flexibility index (Phi) is 4.90. The topological polar surface area (TPSA) is 96.5 Å². The van der Waals surface area contributed by atoms with Crippen LogP contribution in [0.5, 0.6) is 0 Å². The van der Waals surface area contributed by atoms with E-state index in [2.05, 4.69) is 4.98 Å². The number of rotatable bonds is 4. The molecule has 1 N–H and O–H groups in total. The molecule has 1 saturated heterocycles. The largest absolute Gasteiger partial charge is 0.462 e. The van der Waals surface area contributed by atoms with Crippen LogP contribution >= 0.6 is 23.1 Å². The van der Waals surface area contributed by atoms with Crippen LogP contribution in [0.2, 0.25) is 0 Å². The fourth-order valence-electron chi connectivity index (χ4n) is 4.01. The molecule has 29 heavy (non-hydrogen) atoms. The second-order valence-corrected chi connectivity index (χ2v) is 9.37. The number of hydrogen-bond donors (Lipinski definition) is 1. The number of esters is 1. The Morgan fingerprint density at radius 1 is 1.17 bits per heavy atom. The van der Waals surface area contributed by atoms with Crippen LogP contribution in [-0.4, -0.2) is 34.6 Å². The maximum absolute atomic E-state index is 13.4. The van der Waals surface area contributed by atoms with E-state index >= 15 is 0 Å². The number of imide groups is 1. The van der Waals surface area contributed by atoms with Crippen molar-refractivity contribution in [3.05, 3.63) is 44.4 Å². The van der Waals surface area contributed by atoms with E-state index in [9.17, 15) is 19.2 Å². The predicted octanol–water partition coefficient (Wildman–Crippen LogP) is 2.94. The third-order valence-corrected chi connectivity index (χ3v) is 8.25. The van der Waals surface area contributed by atoms with Gasteiger partial charge in [-0.3, -0.25) is 14.4 Å². The molecule has 2 aromatic rings. The van der Waals surface area contributed by atoms with E-state index in [0.29, 0.717) is 22.7 Å². The number of thioether (sulfide) groups is 1. The molecule has 9 heteroatoms. The molecule has 0 unspecified atom stereocenters. The van der Waals surface area contributed by atoms with Crippen molar-refractivity contribution in [2.45, 2.75) is 42.9 Å². The average molecular weight is 433 g/mol. The molecule has 0 spiro atoms. The lowest BCUT2D eigenvalue weighted by molar-refractivity contribution is -0.123. The van der Waals surface area contributed by atoms with E-state index in [1.54, 1.807) is 31.2 Å². The molecular formula is C20H20N2O5S2. The summed E-state index contributed by atoms with van der Waals surface area (Å²) in [6, 6.07) is 6.28. The molecule has 0 saturated carbocycles. The van der Waals surface area contributed by atoms with Crippen molar-refractivity contribution in [3.8, 4) is 0 Å². The zero-order valence-corrected chi connectivity index (χ0v) is 17.8. The van der Waals surface area contributed by atoms with Gasteiger partial charge in [-0.1, -0.05) is 36.9 Å². The summed E-state index contributed by atoms with van der Waals surface area (Å²) in [5.41, 5.74) is 0.194. The Morgan fingerprint density at radius 2 is 1.86 bits per heavy atom. The number of hydrogen-bond acceptors (Lipinski definition) is 7. The van der Waals surface area contributed by atoms with Gasteiger partial charge in [-0.2, -0.15) is 0 Å². The molecule has 1 aromatic carbocycles. The number of aromatic nitrogens is 1. The van der Waals surface area contributed by atoms with Crippen LogP contribution < -0.4 is 9.77 Å². The Hall–Kier alpha value is -2.39. The van der Waals surface area contributed by atoms with Gasteiger partial charge in [0.1, 0.15) is 5.25 Å². The van der Waals surface area contributed by atoms with Gasteiger partial charge in [-0.15, -0.1) is 0 Å². The molecule has 152 valence electrons. The minimum atomic E-state index is -0.596. The van der Waals surface area contributed by atoms with Gasteiger partial charge in [0.05, 0.1) is 28.8 Å². The van der Waals surface area contributed by atoms with Gasteiger partial charge in [-0.05, 0) is 37.6 Å². The molecule has 0 bridgehead atoms. The second kappa shape index (κ2) is 7.14. The minimum Gasteiger partial charge on any atom is -0.462 e. The van der Waals surface area contributed by atoms with Crippen LogP contribution in [-0.2, 0) is 19.7 Å². The van der Waals surface area contributed by atoms with Crippen LogP contribution in [0, 0.1) is 5.92 Å². The zero-order valence-electron chi connectivity index (χ0n) is 16.2. The summed E-state index contributed by atoms with van der Waals surface area (Å²) in [5, 5.41) is 0.0983. The number of H-pyrrole nitrogens is 1. The molecule has 4 rings (SSSR count). The van der Waals surface area contributed by atoms with Gasteiger partial charge in [0, 0.05) is 10.3 Å². The lowest BCUT2D eigenvalue weighted by Crippen LogP contribution is -2.43. The van der Waals surface area contributed by atoms with E-state index in [1.807, 2.05) is 13.8 Å². The van der Waals surface area contributed by atoms with Crippen molar-refractivity contribution >= 4 is 46.6 Å². The summed E-state index contributed by atoms with van der Waals surface area (Å²) in [5.74, 6) is -1.57. The summed E-state index contributed by atoms with van der Waals surface area (Å²) in [6.45, 7) is 5.91. The number of anilines is 1. The summed E-state index contributed by atoms with van der Waals surface area (Å²) in [6.07, 6.45) is 0.629. The van der Waals surface area contributed by atoms with Crippen LogP contribution in [0.15, 0.2) is 34.1 Å². The maximum atomic E-state index is 13.4. The molecule has 3 atom stereocenters. The third kappa shape index (κ3) is 2.95. The number of carbonyl (C=O) groups excluding carboxylic acids is 3. The first kappa shape index (κ1) is 19.9.